The Morgan fingerprint density at radius 1 is 1.05 bits per heavy atom. The van der Waals surface area contributed by atoms with Gasteiger partial charge in [0.25, 0.3) is 0 Å². The van der Waals surface area contributed by atoms with E-state index < -0.39 is 5.41 Å². The Morgan fingerprint density at radius 2 is 1.82 bits per heavy atom. The molecule has 1 unspecified atom stereocenters. The van der Waals surface area contributed by atoms with Gasteiger partial charge >= 0.3 is 0 Å². The lowest BCUT2D eigenvalue weighted by atomic mass is 9.69. The van der Waals surface area contributed by atoms with Crippen LogP contribution in [0.5, 0.6) is 11.6 Å². The molecule has 39 heavy (non-hydrogen) atoms. The van der Waals surface area contributed by atoms with E-state index in [-0.39, 0.29) is 1.43 Å². The van der Waals surface area contributed by atoms with Gasteiger partial charge in [0.15, 0.2) is 0 Å². The average Bonchev–Trinajstić information content (AvgIpc) is 3.00. The molecule has 1 aliphatic rings. The van der Waals surface area contributed by atoms with E-state index >= 15 is 0 Å². The molecule has 2 heterocycles. The Kier molecular flexibility index (Phi) is 8.21. The van der Waals surface area contributed by atoms with Crippen LogP contribution in [0.4, 0.5) is 0 Å². The predicted molar refractivity (Wildman–Crippen MR) is 165 cm³/mol. The Labute approximate surface area is 231 Å². The summed E-state index contributed by atoms with van der Waals surface area (Å²) in [6.07, 6.45) is 7.99. The van der Waals surface area contributed by atoms with Crippen LogP contribution in [0.2, 0.25) is 0 Å². The molecule has 0 saturated heterocycles. The molecular weight excluding hydrogens is 482 g/mol. The van der Waals surface area contributed by atoms with Gasteiger partial charge in [-0.25, -0.2) is 4.98 Å². The fraction of sp³-hybridized carbons (Fsp3) is 0.147. The van der Waals surface area contributed by atoms with Crippen molar-refractivity contribution in [2.24, 2.45) is 0 Å². The Hall–Kier alpha value is -4.77. The number of hydrogen-bond acceptors (Lipinski definition) is 5. The monoisotopic (exact) mass is 517 g/mol. The summed E-state index contributed by atoms with van der Waals surface area (Å²) in [6.45, 7) is 12.5. The van der Waals surface area contributed by atoms with E-state index in [1.54, 1.807) is 25.3 Å². The maximum absolute atomic E-state index is 9.16. The van der Waals surface area contributed by atoms with Gasteiger partial charge in [0.05, 0.1) is 23.8 Å². The smallest absolute Gasteiger partial charge is 0.214 e. The Balaban J connectivity index is 0.00000144. The minimum atomic E-state index is -0.980. The molecule has 5 rings (SSSR count). The number of nitrogens with one attached hydrogen (secondary N) is 2. The van der Waals surface area contributed by atoms with Crippen molar-refractivity contribution in [2.75, 3.05) is 7.11 Å². The lowest BCUT2D eigenvalue weighted by Crippen LogP contribution is -2.34. The van der Waals surface area contributed by atoms with Crippen LogP contribution in [0.15, 0.2) is 98.1 Å². The van der Waals surface area contributed by atoms with Crippen LogP contribution >= 0.6 is 0 Å². The number of fused-ring (bicyclic) bond motifs is 6. The van der Waals surface area contributed by atoms with E-state index in [9.17, 15) is 0 Å². The molecule has 0 fully saturated rings. The van der Waals surface area contributed by atoms with Gasteiger partial charge in [-0.15, -0.1) is 6.58 Å². The number of nitrogens with zero attached hydrogens (tertiary/aromatic N) is 1. The molecule has 4 aromatic rings. The third kappa shape index (κ3) is 4.91. The molecule has 1 atom stereocenters. The molecule has 1 aromatic heterocycles. The number of allylic oxidation sites excluding steroid dienone is 3. The highest BCUT2D eigenvalue weighted by Gasteiger charge is 2.36. The topological polar surface area (TPSA) is 79.1 Å². The first-order valence-corrected chi connectivity index (χ1v) is 12.9. The van der Waals surface area contributed by atoms with E-state index in [4.69, 9.17) is 20.3 Å². The van der Waals surface area contributed by atoms with Gasteiger partial charge in [-0.1, -0.05) is 69.0 Å². The molecule has 5 heteroatoms. The highest BCUT2D eigenvalue weighted by Crippen LogP contribution is 2.41. The predicted octanol–water partition coefficient (Wildman–Crippen LogP) is 8.42. The summed E-state index contributed by atoms with van der Waals surface area (Å²) >= 11 is 0. The van der Waals surface area contributed by atoms with Crippen molar-refractivity contribution in [3.8, 4) is 22.8 Å². The minimum Gasteiger partial charge on any atom is -0.489 e. The van der Waals surface area contributed by atoms with E-state index in [1.807, 2.05) is 74.5 Å². The minimum absolute atomic E-state index is 0. The fourth-order valence-electron chi connectivity index (χ4n) is 4.98. The molecule has 0 spiro atoms. The first-order valence-electron chi connectivity index (χ1n) is 12.9. The molecule has 0 saturated carbocycles. The molecule has 1 aliphatic heterocycles. The summed E-state index contributed by atoms with van der Waals surface area (Å²) in [7, 11) is 1.61. The van der Waals surface area contributed by atoms with E-state index in [0.29, 0.717) is 18.2 Å². The lowest BCUT2D eigenvalue weighted by molar-refractivity contribution is 0.306. The maximum atomic E-state index is 9.16. The van der Waals surface area contributed by atoms with Crippen LogP contribution in [0.3, 0.4) is 0 Å². The van der Waals surface area contributed by atoms with E-state index in [1.165, 1.54) is 6.21 Å². The van der Waals surface area contributed by atoms with Crippen LogP contribution < -0.4 is 9.47 Å². The van der Waals surface area contributed by atoms with Gasteiger partial charge in [0.2, 0.25) is 5.88 Å². The van der Waals surface area contributed by atoms with Gasteiger partial charge in [0.1, 0.15) is 12.4 Å². The van der Waals surface area contributed by atoms with Crippen LogP contribution in [0.25, 0.3) is 28.1 Å². The second kappa shape index (κ2) is 11.7. The number of rotatable bonds is 6. The van der Waals surface area contributed by atoms with Gasteiger partial charge in [0, 0.05) is 19.1 Å². The molecular formula is C34H35N3O2. The second-order valence-electron chi connectivity index (χ2n) is 8.83. The van der Waals surface area contributed by atoms with Crippen LogP contribution in [0.1, 0.15) is 37.5 Å². The van der Waals surface area contributed by atoms with Crippen molar-refractivity contribution >= 4 is 28.9 Å². The molecule has 198 valence electrons. The fourth-order valence-corrected chi connectivity index (χ4v) is 4.98. The summed E-state index contributed by atoms with van der Waals surface area (Å²) in [5.41, 5.74) is 5.67. The first kappa shape index (κ1) is 27.3. The summed E-state index contributed by atoms with van der Waals surface area (Å²) in [5.74, 6) is 1.26. The molecule has 0 aliphatic carbocycles. The first-order chi connectivity index (χ1) is 19.0. The average molecular weight is 518 g/mol. The maximum Gasteiger partial charge on any atom is 0.214 e. The van der Waals surface area contributed by atoms with Crippen LogP contribution in [-0.2, 0) is 12.0 Å². The van der Waals surface area contributed by atoms with Crippen molar-refractivity contribution in [2.45, 2.75) is 25.9 Å². The number of pyridine rings is 1. The number of methoxy groups -OCH3 is 1. The summed E-state index contributed by atoms with van der Waals surface area (Å²) in [5, 5.41) is 17.6. The molecule has 5 nitrogen and oxygen atoms in total. The molecule has 0 radical (unpaired) electrons. The molecule has 3 aromatic carbocycles. The highest BCUT2D eigenvalue weighted by molar-refractivity contribution is 6.08. The molecule has 0 amide bonds. The number of benzene rings is 3. The largest absolute Gasteiger partial charge is 0.489 e. The lowest BCUT2D eigenvalue weighted by Gasteiger charge is -2.32. The molecule has 2 N–H and O–H groups in total. The van der Waals surface area contributed by atoms with Crippen molar-refractivity contribution in [1.29, 1.82) is 10.8 Å². The van der Waals surface area contributed by atoms with Gasteiger partial charge < -0.3 is 20.3 Å². The number of aromatic nitrogens is 1. The normalized spacial score (nSPS) is 15.6. The van der Waals surface area contributed by atoms with Gasteiger partial charge in [-0.3, -0.25) is 0 Å². The summed E-state index contributed by atoms with van der Waals surface area (Å²) in [6, 6.07) is 22.0. The zero-order valence-electron chi connectivity index (χ0n) is 22.6. The van der Waals surface area contributed by atoms with Crippen molar-refractivity contribution in [3.63, 3.8) is 0 Å². The second-order valence-corrected chi connectivity index (χ2v) is 8.83. The van der Waals surface area contributed by atoms with Crippen LogP contribution in [-0.4, -0.2) is 24.0 Å². The van der Waals surface area contributed by atoms with E-state index in [0.717, 1.165) is 50.0 Å². The number of hydrogen-bond donors (Lipinski definition) is 2. The standard InChI is InChI=1S/C32H27N3O2.C2H6.H2/c1-4-21-11-12-24-16-23(21)20-37-26-9-6-8-22(17-26)27-19-31(36-3)35-29-14-13-25(18-28(27)29)32(24,5-2)30(34)10-7-15-33;1-2;/h4-19,33-34H,1-2,20H2,3H3;1-2H3;1H/b10-7-,33-15?,34-30?;;. The highest BCUT2D eigenvalue weighted by atomic mass is 16.5. The zero-order chi connectivity index (χ0) is 28.0. The van der Waals surface area contributed by atoms with Crippen molar-refractivity contribution in [1.82, 2.24) is 4.98 Å². The number of ether oxygens (including phenoxy) is 2. The third-order valence-electron chi connectivity index (χ3n) is 6.90. The van der Waals surface area contributed by atoms with Gasteiger partial charge in [-0.2, -0.15) is 0 Å². The summed E-state index contributed by atoms with van der Waals surface area (Å²) in [4.78, 5) is 4.68. The van der Waals surface area contributed by atoms with Crippen molar-refractivity contribution in [3.05, 3.63) is 120 Å². The van der Waals surface area contributed by atoms with Crippen LogP contribution in [0, 0.1) is 10.8 Å². The third-order valence-corrected chi connectivity index (χ3v) is 6.90. The van der Waals surface area contributed by atoms with E-state index in [2.05, 4.69) is 30.3 Å². The molecule has 6 bridgehead atoms. The van der Waals surface area contributed by atoms with Gasteiger partial charge in [-0.05, 0) is 69.8 Å². The SMILES string of the molecule is C=Cc1ccc2cc1COc1cccc(c1)-c1cc(OC)nc3ccc(cc13)C2(C=C)C(=N)/C=C\C=N.CC.[HH]. The Morgan fingerprint density at radius 3 is 2.54 bits per heavy atom. The Bertz CT molecular complexity index is 1610. The zero-order valence-corrected chi connectivity index (χ0v) is 22.6. The summed E-state index contributed by atoms with van der Waals surface area (Å²) < 4.78 is 11.8. The quantitative estimate of drug-likeness (QED) is 0.199. The van der Waals surface area contributed by atoms with Crippen molar-refractivity contribution < 1.29 is 10.9 Å².